The predicted octanol–water partition coefficient (Wildman–Crippen LogP) is 1.46. The maximum atomic E-state index is 5.87. The van der Waals surface area contributed by atoms with E-state index in [0.29, 0.717) is 0 Å². The topological polar surface area (TPSA) is 38.0 Å². The molecule has 1 saturated carbocycles. The highest BCUT2D eigenvalue weighted by Gasteiger charge is 2.34. The van der Waals surface area contributed by atoms with Gasteiger partial charge in [-0.3, -0.25) is 0 Å². The van der Waals surface area contributed by atoms with Crippen LogP contribution in [0.15, 0.2) is 0 Å². The molecule has 2 rings (SSSR count). The Morgan fingerprint density at radius 2 is 2.36 bits per heavy atom. The van der Waals surface area contributed by atoms with Gasteiger partial charge in [-0.25, -0.2) is 0 Å². The Morgan fingerprint density at radius 1 is 1.57 bits per heavy atom. The van der Waals surface area contributed by atoms with Gasteiger partial charge in [0.25, 0.3) is 0 Å². The van der Waals surface area contributed by atoms with Gasteiger partial charge in [0.1, 0.15) is 0 Å². The molecule has 0 bridgehead atoms. The molecule has 2 atom stereocenters. The van der Waals surface area contributed by atoms with E-state index in [1.54, 1.807) is 0 Å². The second-order valence-corrected chi connectivity index (χ2v) is 6.09. The molecule has 0 spiro atoms. The molecule has 0 radical (unpaired) electrons. The smallest absolute Gasteiger partial charge is 0.0403 e. The number of nitrogens with one attached hydrogen (secondary N) is 1. The van der Waals surface area contributed by atoms with Crippen molar-refractivity contribution in [2.45, 2.75) is 31.7 Å². The van der Waals surface area contributed by atoms with E-state index in [1.165, 1.54) is 37.3 Å². The first-order valence-corrected chi connectivity index (χ1v) is 6.94. The van der Waals surface area contributed by atoms with Crippen LogP contribution in [0.4, 0.5) is 0 Å². The Hall–Kier alpha value is 0.270. The van der Waals surface area contributed by atoms with Crippen LogP contribution in [0.3, 0.4) is 0 Å². The lowest BCUT2D eigenvalue weighted by Crippen LogP contribution is -2.52. The number of hydrogen-bond donors (Lipinski definition) is 2. The molecular weight excluding hydrogens is 192 g/mol. The molecule has 1 aliphatic heterocycles. The summed E-state index contributed by atoms with van der Waals surface area (Å²) >= 11 is 2.04. The summed E-state index contributed by atoms with van der Waals surface area (Å²) in [7, 11) is 0. The van der Waals surface area contributed by atoms with E-state index in [-0.39, 0.29) is 5.54 Å². The van der Waals surface area contributed by atoms with Gasteiger partial charge in [-0.05, 0) is 43.4 Å². The molecule has 1 saturated heterocycles. The molecule has 3 N–H and O–H groups in total. The van der Waals surface area contributed by atoms with Crippen molar-refractivity contribution in [2.75, 3.05) is 24.6 Å². The van der Waals surface area contributed by atoms with Crippen LogP contribution in [0.5, 0.6) is 0 Å². The van der Waals surface area contributed by atoms with Gasteiger partial charge in [-0.2, -0.15) is 11.8 Å². The van der Waals surface area contributed by atoms with Gasteiger partial charge in [0.15, 0.2) is 0 Å². The van der Waals surface area contributed by atoms with Crippen molar-refractivity contribution in [2.24, 2.45) is 17.6 Å². The van der Waals surface area contributed by atoms with E-state index < -0.39 is 0 Å². The Kier molecular flexibility index (Phi) is 3.40. The van der Waals surface area contributed by atoms with Gasteiger partial charge >= 0.3 is 0 Å². The third-order valence-corrected chi connectivity index (χ3v) is 4.97. The first-order valence-electron chi connectivity index (χ1n) is 5.79. The first kappa shape index (κ1) is 10.8. The van der Waals surface area contributed by atoms with Gasteiger partial charge in [-0.1, -0.05) is 6.92 Å². The van der Waals surface area contributed by atoms with Crippen LogP contribution >= 0.6 is 11.8 Å². The third kappa shape index (κ3) is 2.44. The number of rotatable bonds is 5. The zero-order valence-electron chi connectivity index (χ0n) is 9.09. The summed E-state index contributed by atoms with van der Waals surface area (Å²) in [5, 5.41) is 3.72. The minimum atomic E-state index is 0.272. The number of hydrogen-bond acceptors (Lipinski definition) is 3. The highest BCUT2D eigenvalue weighted by molar-refractivity contribution is 7.99. The molecule has 2 fully saturated rings. The number of thioether (sulfide) groups is 1. The summed E-state index contributed by atoms with van der Waals surface area (Å²) in [6.45, 7) is 4.34. The quantitative estimate of drug-likeness (QED) is 0.727. The van der Waals surface area contributed by atoms with Gasteiger partial charge in [0.2, 0.25) is 0 Å². The second kappa shape index (κ2) is 4.42. The molecule has 82 valence electrons. The molecule has 2 aliphatic rings. The molecular formula is C11H22N2S. The second-order valence-electron chi connectivity index (χ2n) is 4.98. The standard InChI is InChI=1S/C11H22N2S/c1-9(10-2-3-10)6-13-11(7-12)4-5-14-8-11/h9-10,13H,2-8,12H2,1H3. The maximum absolute atomic E-state index is 5.87. The summed E-state index contributed by atoms with van der Waals surface area (Å²) in [6, 6.07) is 0. The Labute approximate surface area is 91.4 Å². The van der Waals surface area contributed by atoms with E-state index in [1.807, 2.05) is 11.8 Å². The molecule has 1 aliphatic carbocycles. The highest BCUT2D eigenvalue weighted by atomic mass is 32.2. The van der Waals surface area contributed by atoms with Gasteiger partial charge in [0.05, 0.1) is 0 Å². The fraction of sp³-hybridized carbons (Fsp3) is 1.00. The van der Waals surface area contributed by atoms with Crippen LogP contribution in [-0.2, 0) is 0 Å². The van der Waals surface area contributed by atoms with Crippen LogP contribution < -0.4 is 11.1 Å². The summed E-state index contributed by atoms with van der Waals surface area (Å²) < 4.78 is 0. The fourth-order valence-corrected chi connectivity index (χ4v) is 3.62. The van der Waals surface area contributed by atoms with Crippen molar-refractivity contribution >= 4 is 11.8 Å². The highest BCUT2D eigenvalue weighted by Crippen LogP contribution is 2.36. The lowest BCUT2D eigenvalue weighted by atomic mass is 9.97. The molecule has 2 unspecified atom stereocenters. The lowest BCUT2D eigenvalue weighted by molar-refractivity contribution is 0.331. The van der Waals surface area contributed by atoms with Crippen molar-refractivity contribution in [3.63, 3.8) is 0 Å². The largest absolute Gasteiger partial charge is 0.329 e. The third-order valence-electron chi connectivity index (χ3n) is 3.72. The van der Waals surface area contributed by atoms with Crippen LogP contribution in [-0.4, -0.2) is 30.1 Å². The van der Waals surface area contributed by atoms with E-state index >= 15 is 0 Å². The average molecular weight is 214 g/mol. The molecule has 1 heterocycles. The van der Waals surface area contributed by atoms with Crippen molar-refractivity contribution in [1.82, 2.24) is 5.32 Å². The predicted molar refractivity (Wildman–Crippen MR) is 63.6 cm³/mol. The maximum Gasteiger partial charge on any atom is 0.0403 e. The summed E-state index contributed by atoms with van der Waals surface area (Å²) in [5.41, 5.74) is 6.14. The normalized spacial score (nSPS) is 34.7. The van der Waals surface area contributed by atoms with Crippen molar-refractivity contribution in [3.8, 4) is 0 Å². The van der Waals surface area contributed by atoms with Crippen LogP contribution in [0.2, 0.25) is 0 Å². The van der Waals surface area contributed by atoms with E-state index in [4.69, 9.17) is 5.73 Å². The van der Waals surface area contributed by atoms with Crippen LogP contribution in [0, 0.1) is 11.8 Å². The zero-order valence-corrected chi connectivity index (χ0v) is 9.91. The van der Waals surface area contributed by atoms with Crippen LogP contribution in [0.1, 0.15) is 26.2 Å². The fourth-order valence-electron chi connectivity index (χ4n) is 2.19. The van der Waals surface area contributed by atoms with Crippen molar-refractivity contribution in [1.29, 1.82) is 0 Å². The van der Waals surface area contributed by atoms with E-state index in [9.17, 15) is 0 Å². The molecule has 0 amide bonds. The minimum Gasteiger partial charge on any atom is -0.329 e. The lowest BCUT2D eigenvalue weighted by Gasteiger charge is -2.29. The molecule has 2 nitrogen and oxygen atoms in total. The van der Waals surface area contributed by atoms with Gasteiger partial charge < -0.3 is 11.1 Å². The molecule has 3 heteroatoms. The van der Waals surface area contributed by atoms with E-state index in [0.717, 1.165) is 18.4 Å². The van der Waals surface area contributed by atoms with Crippen molar-refractivity contribution in [3.05, 3.63) is 0 Å². The van der Waals surface area contributed by atoms with Crippen LogP contribution in [0.25, 0.3) is 0 Å². The number of nitrogens with two attached hydrogens (primary N) is 1. The molecule has 0 aromatic carbocycles. The minimum absolute atomic E-state index is 0.272. The first-order chi connectivity index (χ1) is 6.76. The van der Waals surface area contributed by atoms with Crippen molar-refractivity contribution < 1.29 is 0 Å². The summed E-state index contributed by atoms with van der Waals surface area (Å²) in [5.74, 6) is 4.35. The Morgan fingerprint density at radius 3 is 2.86 bits per heavy atom. The molecule has 0 aromatic rings. The summed E-state index contributed by atoms with van der Waals surface area (Å²) in [4.78, 5) is 0. The summed E-state index contributed by atoms with van der Waals surface area (Å²) in [6.07, 6.45) is 4.16. The molecule has 0 aromatic heterocycles. The van der Waals surface area contributed by atoms with Gasteiger partial charge in [0, 0.05) is 17.8 Å². The van der Waals surface area contributed by atoms with Gasteiger partial charge in [-0.15, -0.1) is 0 Å². The Bertz CT molecular complexity index is 186. The zero-order chi connectivity index (χ0) is 10.0. The SMILES string of the molecule is CC(CNC1(CN)CCSC1)C1CC1. The van der Waals surface area contributed by atoms with E-state index in [2.05, 4.69) is 12.2 Å². The molecule has 14 heavy (non-hydrogen) atoms. The average Bonchev–Trinajstić information content (AvgIpc) is 2.95. The monoisotopic (exact) mass is 214 g/mol. The Balaban J connectivity index is 1.76.